The molecule has 3 aromatic carbocycles. The molecule has 1 aliphatic rings. The molecule has 154 valence electrons. The van der Waals surface area contributed by atoms with E-state index in [1.807, 2.05) is 60.7 Å². The van der Waals surface area contributed by atoms with E-state index in [0.29, 0.717) is 21.6 Å². The molecular formula is C23H18ClN4O2S+. The third-order valence-electron chi connectivity index (χ3n) is 5.08. The monoisotopic (exact) mass is 449 g/mol. The van der Waals surface area contributed by atoms with Crippen molar-refractivity contribution in [2.45, 2.75) is 17.1 Å². The molecule has 1 atom stereocenters. The Morgan fingerprint density at radius 3 is 2.55 bits per heavy atom. The van der Waals surface area contributed by atoms with E-state index in [2.05, 4.69) is 10.3 Å². The van der Waals surface area contributed by atoms with Crippen LogP contribution in [0.25, 0.3) is 11.3 Å². The van der Waals surface area contributed by atoms with E-state index in [9.17, 15) is 9.90 Å². The molecule has 31 heavy (non-hydrogen) atoms. The number of rotatable bonds is 4. The van der Waals surface area contributed by atoms with Gasteiger partial charge >= 0.3 is 11.3 Å². The van der Waals surface area contributed by atoms with Crippen molar-refractivity contribution in [3.8, 4) is 17.0 Å². The average molecular weight is 450 g/mol. The zero-order chi connectivity index (χ0) is 21.4. The molecule has 0 amide bonds. The zero-order valence-electron chi connectivity index (χ0n) is 16.2. The van der Waals surface area contributed by atoms with Gasteiger partial charge in [0.1, 0.15) is 5.75 Å². The molecule has 0 fully saturated rings. The van der Waals surface area contributed by atoms with E-state index < -0.39 is 0 Å². The lowest BCUT2D eigenvalue weighted by Gasteiger charge is -2.22. The molecule has 0 spiro atoms. The molecule has 3 N–H and O–H groups in total. The third kappa shape index (κ3) is 3.89. The molecule has 0 aliphatic carbocycles. The molecule has 1 aromatic heterocycles. The number of aromatic hydroxyl groups is 1. The van der Waals surface area contributed by atoms with E-state index in [1.165, 1.54) is 11.8 Å². The minimum atomic E-state index is -0.386. The number of thioether (sulfide) groups is 1. The number of nitrogens with zero attached hydrogens (tertiary/aromatic N) is 2. The van der Waals surface area contributed by atoms with Crippen LogP contribution in [0.15, 0.2) is 82.7 Å². The molecule has 5 rings (SSSR count). The van der Waals surface area contributed by atoms with Crippen LogP contribution in [0.5, 0.6) is 5.75 Å². The minimum Gasteiger partial charge on any atom is -0.508 e. The van der Waals surface area contributed by atoms with Crippen LogP contribution in [-0.4, -0.2) is 15.2 Å². The average Bonchev–Trinajstić information content (AvgIpc) is 2.78. The Balaban J connectivity index is 1.57. The van der Waals surface area contributed by atoms with Crippen LogP contribution < -0.4 is 15.6 Å². The van der Waals surface area contributed by atoms with Crippen LogP contribution in [0.2, 0.25) is 5.02 Å². The van der Waals surface area contributed by atoms with Crippen molar-refractivity contribution < 1.29 is 9.79 Å². The van der Waals surface area contributed by atoms with Crippen LogP contribution in [0.4, 0.5) is 5.69 Å². The number of H-pyrrole nitrogens is 1. The Morgan fingerprint density at radius 2 is 1.77 bits per heavy atom. The minimum absolute atomic E-state index is 0.184. The SMILES string of the molecule is O=c1[nH]c(SCc2ccc(Cl)cc2)n[n+]2c1-c1ccccc1N[C@H]2c1ccc(O)cc1. The van der Waals surface area contributed by atoms with Crippen molar-refractivity contribution in [3.05, 3.63) is 99.3 Å². The highest BCUT2D eigenvalue weighted by atomic mass is 35.5. The van der Waals surface area contributed by atoms with Crippen LogP contribution >= 0.6 is 23.4 Å². The number of phenols is 1. The lowest BCUT2D eigenvalue weighted by atomic mass is 10.0. The molecule has 6 nitrogen and oxygen atoms in total. The van der Waals surface area contributed by atoms with Crippen LogP contribution in [0.1, 0.15) is 17.3 Å². The van der Waals surface area contributed by atoms with E-state index in [4.69, 9.17) is 16.7 Å². The number of halogens is 1. The van der Waals surface area contributed by atoms with Gasteiger partial charge in [0.2, 0.25) is 5.16 Å². The third-order valence-corrected chi connectivity index (χ3v) is 6.27. The number of hydrogen-bond donors (Lipinski definition) is 3. The van der Waals surface area contributed by atoms with Crippen molar-refractivity contribution in [1.29, 1.82) is 0 Å². The molecule has 0 radical (unpaired) electrons. The fraction of sp³-hybridized carbons (Fsp3) is 0.0870. The van der Waals surface area contributed by atoms with Gasteiger partial charge in [-0.05, 0) is 58.8 Å². The van der Waals surface area contributed by atoms with Gasteiger partial charge in [-0.1, -0.05) is 47.6 Å². The standard InChI is InChI=1S/C23H17ClN4O2S/c24-16-9-5-14(6-10-16)13-31-23-26-22(30)20-18-3-1-2-4-19(18)25-21(28(20)27-23)15-7-11-17(29)12-8-15/h1-12,21H,13H2,(H2,26,27,29,30)/p+1/t21-/m1/s1. The first-order chi connectivity index (χ1) is 15.1. The Bertz CT molecular complexity index is 1310. The van der Waals surface area contributed by atoms with Crippen molar-refractivity contribution >= 4 is 29.1 Å². The number of phenolic OH excluding ortho intramolecular Hbond substituents is 1. The Hall–Kier alpha value is -3.29. The molecule has 1 aliphatic heterocycles. The van der Waals surface area contributed by atoms with Gasteiger partial charge in [0.25, 0.3) is 6.17 Å². The summed E-state index contributed by atoms with van der Waals surface area (Å²) in [5.74, 6) is 0.830. The van der Waals surface area contributed by atoms with E-state index in [0.717, 1.165) is 22.4 Å². The summed E-state index contributed by atoms with van der Waals surface area (Å²) >= 11 is 7.41. The number of para-hydroxylation sites is 1. The van der Waals surface area contributed by atoms with Crippen molar-refractivity contribution in [2.75, 3.05) is 5.32 Å². The summed E-state index contributed by atoms with van der Waals surface area (Å²) in [4.78, 5) is 16.0. The number of aromatic amines is 1. The molecule has 0 unspecified atom stereocenters. The zero-order valence-corrected chi connectivity index (χ0v) is 17.8. The van der Waals surface area contributed by atoms with Gasteiger partial charge < -0.3 is 10.4 Å². The highest BCUT2D eigenvalue weighted by molar-refractivity contribution is 7.98. The van der Waals surface area contributed by atoms with E-state index in [1.54, 1.807) is 16.8 Å². The maximum atomic E-state index is 13.1. The van der Waals surface area contributed by atoms with E-state index in [-0.39, 0.29) is 17.5 Å². The van der Waals surface area contributed by atoms with Crippen molar-refractivity contribution in [2.24, 2.45) is 0 Å². The van der Waals surface area contributed by atoms with Gasteiger partial charge in [0.15, 0.2) is 0 Å². The number of fused-ring (bicyclic) bond motifs is 3. The highest BCUT2D eigenvalue weighted by Gasteiger charge is 2.37. The van der Waals surface area contributed by atoms with Crippen LogP contribution in [0.3, 0.4) is 0 Å². The molecular weight excluding hydrogens is 432 g/mol. The maximum Gasteiger partial charge on any atom is 0.325 e. The summed E-state index contributed by atoms with van der Waals surface area (Å²) in [6, 6.07) is 22.2. The van der Waals surface area contributed by atoms with Gasteiger partial charge in [-0.15, -0.1) is 0 Å². The van der Waals surface area contributed by atoms with Gasteiger partial charge in [-0.2, -0.15) is 0 Å². The first-order valence-electron chi connectivity index (χ1n) is 9.67. The number of aromatic nitrogens is 3. The Kier molecular flexibility index (Phi) is 5.13. The van der Waals surface area contributed by atoms with Gasteiger partial charge in [-0.3, -0.25) is 9.78 Å². The lowest BCUT2D eigenvalue weighted by molar-refractivity contribution is -0.759. The number of anilines is 1. The predicted molar refractivity (Wildman–Crippen MR) is 121 cm³/mol. The number of benzene rings is 3. The summed E-state index contributed by atoms with van der Waals surface area (Å²) in [5, 5.41) is 19.1. The number of hydrogen-bond acceptors (Lipinski definition) is 5. The van der Waals surface area contributed by atoms with E-state index >= 15 is 0 Å². The normalized spacial score (nSPS) is 14.4. The molecule has 4 aromatic rings. The van der Waals surface area contributed by atoms with Gasteiger partial charge in [0.05, 0.1) is 11.3 Å². The largest absolute Gasteiger partial charge is 0.508 e. The second-order valence-electron chi connectivity index (χ2n) is 7.15. The number of nitrogens with one attached hydrogen (secondary N) is 2. The Labute approximate surface area is 187 Å². The second-order valence-corrected chi connectivity index (χ2v) is 8.55. The van der Waals surface area contributed by atoms with Crippen LogP contribution in [-0.2, 0) is 5.75 Å². The van der Waals surface area contributed by atoms with Crippen molar-refractivity contribution in [3.63, 3.8) is 0 Å². The highest BCUT2D eigenvalue weighted by Crippen LogP contribution is 2.32. The fourth-order valence-electron chi connectivity index (χ4n) is 3.57. The van der Waals surface area contributed by atoms with Gasteiger partial charge in [0, 0.05) is 21.4 Å². The topological polar surface area (TPSA) is 81.9 Å². The van der Waals surface area contributed by atoms with Crippen LogP contribution in [0, 0.1) is 0 Å². The molecule has 0 bridgehead atoms. The molecule has 2 heterocycles. The quantitative estimate of drug-likeness (QED) is 0.319. The fourth-order valence-corrected chi connectivity index (χ4v) is 4.50. The maximum absolute atomic E-state index is 13.1. The first kappa shape index (κ1) is 19.7. The smallest absolute Gasteiger partial charge is 0.325 e. The van der Waals surface area contributed by atoms with Crippen molar-refractivity contribution in [1.82, 2.24) is 10.1 Å². The lowest BCUT2D eigenvalue weighted by Crippen LogP contribution is -2.55. The molecule has 0 saturated heterocycles. The summed E-state index contributed by atoms with van der Waals surface area (Å²) in [7, 11) is 0. The molecule has 0 saturated carbocycles. The summed E-state index contributed by atoms with van der Waals surface area (Å²) in [6.45, 7) is 0. The summed E-state index contributed by atoms with van der Waals surface area (Å²) in [5.41, 5.74) is 3.90. The second kappa shape index (κ2) is 8.09. The summed E-state index contributed by atoms with van der Waals surface area (Å²) < 4.78 is 1.72. The molecule has 8 heteroatoms. The van der Waals surface area contributed by atoms with Gasteiger partial charge in [-0.25, -0.2) is 0 Å². The summed E-state index contributed by atoms with van der Waals surface area (Å²) in [6.07, 6.45) is -0.386. The first-order valence-corrected chi connectivity index (χ1v) is 11.0. The Morgan fingerprint density at radius 1 is 1.03 bits per heavy atom. The predicted octanol–water partition coefficient (Wildman–Crippen LogP) is 4.35.